The molecule has 96 valence electrons. The van der Waals surface area contributed by atoms with Gasteiger partial charge in [0.25, 0.3) is 0 Å². The van der Waals surface area contributed by atoms with Gasteiger partial charge in [-0.2, -0.15) is 10.1 Å². The number of H-pyrrole nitrogens is 1. The summed E-state index contributed by atoms with van der Waals surface area (Å²) in [6.07, 6.45) is 1.45. The molecule has 6 nitrogen and oxygen atoms in total. The number of hydrogen-bond acceptors (Lipinski definition) is 6. The topological polar surface area (TPSA) is 80.5 Å². The summed E-state index contributed by atoms with van der Waals surface area (Å²) in [7, 11) is 0. The maximum Gasteiger partial charge on any atom is 0.237 e. The molecule has 0 radical (unpaired) electrons. The van der Waals surface area contributed by atoms with E-state index in [0.717, 1.165) is 5.56 Å². The Bertz CT molecular complexity index is 652. The minimum atomic E-state index is 0.534. The van der Waals surface area contributed by atoms with Crippen molar-refractivity contribution in [2.45, 2.75) is 10.9 Å². The molecule has 0 aliphatic heterocycles. The maximum absolute atomic E-state index is 5.83. The summed E-state index contributed by atoms with van der Waals surface area (Å²) >= 11 is 7.27. The molecule has 8 heteroatoms. The number of hydrogen-bond donors (Lipinski definition) is 1. The van der Waals surface area contributed by atoms with Crippen LogP contribution in [0.15, 0.2) is 40.3 Å². The van der Waals surface area contributed by atoms with Crippen molar-refractivity contribution in [2.24, 2.45) is 0 Å². The van der Waals surface area contributed by atoms with Crippen LogP contribution in [0.4, 0.5) is 0 Å². The Labute approximate surface area is 117 Å². The third kappa shape index (κ3) is 2.94. The third-order valence-corrected chi connectivity index (χ3v) is 3.41. The second kappa shape index (κ2) is 5.41. The first-order valence-electron chi connectivity index (χ1n) is 5.38. The van der Waals surface area contributed by atoms with E-state index in [4.69, 9.17) is 16.1 Å². The van der Waals surface area contributed by atoms with Crippen LogP contribution in [0.5, 0.6) is 0 Å². The van der Waals surface area contributed by atoms with E-state index in [-0.39, 0.29) is 0 Å². The molecule has 0 fully saturated rings. The Kier molecular flexibility index (Phi) is 3.47. The molecule has 0 saturated heterocycles. The standard InChI is InChI=1S/C11H8ClN5OS/c12-8-3-1-7(2-4-8)10-15-9(18-17-10)5-19-11-13-6-14-16-11/h1-4,6H,5H2,(H,13,14,16). The van der Waals surface area contributed by atoms with Gasteiger partial charge in [-0.05, 0) is 24.3 Å². The van der Waals surface area contributed by atoms with E-state index in [1.807, 2.05) is 12.1 Å². The van der Waals surface area contributed by atoms with E-state index >= 15 is 0 Å². The van der Waals surface area contributed by atoms with E-state index in [1.54, 1.807) is 12.1 Å². The van der Waals surface area contributed by atoms with Crippen molar-refractivity contribution in [3.8, 4) is 11.4 Å². The van der Waals surface area contributed by atoms with Crippen molar-refractivity contribution in [3.05, 3.63) is 41.5 Å². The third-order valence-electron chi connectivity index (χ3n) is 2.30. The Morgan fingerprint density at radius 2 is 2.11 bits per heavy atom. The number of halogens is 1. The zero-order chi connectivity index (χ0) is 13.1. The predicted octanol–water partition coefficient (Wildman–Crippen LogP) is 2.80. The number of nitrogens with zero attached hydrogens (tertiary/aromatic N) is 4. The predicted molar refractivity (Wildman–Crippen MR) is 70.7 cm³/mol. The number of aromatic amines is 1. The highest BCUT2D eigenvalue weighted by molar-refractivity contribution is 7.98. The lowest BCUT2D eigenvalue weighted by atomic mass is 10.2. The summed E-state index contributed by atoms with van der Waals surface area (Å²) < 4.78 is 5.17. The van der Waals surface area contributed by atoms with Crippen molar-refractivity contribution in [3.63, 3.8) is 0 Å². The fraction of sp³-hybridized carbons (Fsp3) is 0.0909. The molecule has 0 spiro atoms. The monoisotopic (exact) mass is 293 g/mol. The van der Waals surface area contributed by atoms with Crippen molar-refractivity contribution < 1.29 is 4.52 Å². The van der Waals surface area contributed by atoms with Crippen LogP contribution in [-0.4, -0.2) is 25.3 Å². The zero-order valence-corrected chi connectivity index (χ0v) is 11.1. The van der Waals surface area contributed by atoms with Crippen LogP contribution >= 0.6 is 23.4 Å². The van der Waals surface area contributed by atoms with Gasteiger partial charge in [0.05, 0.1) is 5.75 Å². The molecule has 0 aliphatic rings. The molecular formula is C11H8ClN5OS. The van der Waals surface area contributed by atoms with Gasteiger partial charge in [-0.25, -0.2) is 4.98 Å². The minimum absolute atomic E-state index is 0.534. The molecule has 2 aromatic heterocycles. The minimum Gasteiger partial charge on any atom is -0.338 e. The van der Waals surface area contributed by atoms with Crippen LogP contribution in [0.1, 0.15) is 5.89 Å². The van der Waals surface area contributed by atoms with Crippen molar-refractivity contribution in [2.75, 3.05) is 0 Å². The van der Waals surface area contributed by atoms with E-state index in [0.29, 0.717) is 27.6 Å². The fourth-order valence-corrected chi connectivity index (χ4v) is 2.17. The van der Waals surface area contributed by atoms with Crippen LogP contribution in [0.2, 0.25) is 5.02 Å². The lowest BCUT2D eigenvalue weighted by molar-refractivity contribution is 0.391. The van der Waals surface area contributed by atoms with E-state index < -0.39 is 0 Å². The first-order valence-corrected chi connectivity index (χ1v) is 6.74. The molecule has 3 rings (SSSR count). The average molecular weight is 294 g/mol. The molecule has 2 heterocycles. The Morgan fingerprint density at radius 1 is 1.26 bits per heavy atom. The highest BCUT2D eigenvalue weighted by Gasteiger charge is 2.09. The van der Waals surface area contributed by atoms with Crippen molar-refractivity contribution in [1.29, 1.82) is 0 Å². The van der Waals surface area contributed by atoms with Crippen LogP contribution in [0, 0.1) is 0 Å². The van der Waals surface area contributed by atoms with Gasteiger partial charge in [-0.15, -0.1) is 0 Å². The molecule has 0 bridgehead atoms. The Balaban J connectivity index is 1.70. The molecule has 19 heavy (non-hydrogen) atoms. The average Bonchev–Trinajstić information content (AvgIpc) is 3.09. The van der Waals surface area contributed by atoms with Gasteiger partial charge >= 0.3 is 0 Å². The first kappa shape index (κ1) is 12.2. The second-order valence-corrected chi connectivity index (χ2v) is 5.00. The van der Waals surface area contributed by atoms with Gasteiger partial charge in [0.1, 0.15) is 6.33 Å². The number of thioether (sulfide) groups is 1. The van der Waals surface area contributed by atoms with Gasteiger partial charge in [0.15, 0.2) is 5.16 Å². The van der Waals surface area contributed by atoms with E-state index in [9.17, 15) is 0 Å². The molecule has 3 aromatic rings. The van der Waals surface area contributed by atoms with Gasteiger partial charge in [-0.1, -0.05) is 28.5 Å². The summed E-state index contributed by atoms with van der Waals surface area (Å²) in [5, 5.41) is 11.8. The summed E-state index contributed by atoms with van der Waals surface area (Å²) in [4.78, 5) is 8.30. The quantitative estimate of drug-likeness (QED) is 0.745. The lowest BCUT2D eigenvalue weighted by Crippen LogP contribution is -1.83. The maximum atomic E-state index is 5.83. The van der Waals surface area contributed by atoms with E-state index in [2.05, 4.69) is 25.3 Å². The van der Waals surface area contributed by atoms with Crippen LogP contribution in [-0.2, 0) is 5.75 Å². The summed E-state index contributed by atoms with van der Waals surface area (Å²) in [5.41, 5.74) is 0.865. The van der Waals surface area contributed by atoms with Gasteiger partial charge in [0.2, 0.25) is 11.7 Å². The number of nitrogens with one attached hydrogen (secondary N) is 1. The molecule has 1 N–H and O–H groups in total. The van der Waals surface area contributed by atoms with Gasteiger partial charge in [-0.3, -0.25) is 5.10 Å². The highest BCUT2D eigenvalue weighted by atomic mass is 35.5. The zero-order valence-electron chi connectivity index (χ0n) is 9.58. The molecule has 1 aromatic carbocycles. The SMILES string of the molecule is Clc1ccc(-c2noc(CSc3ncn[nH]3)n2)cc1. The largest absolute Gasteiger partial charge is 0.338 e. The summed E-state index contributed by atoms with van der Waals surface area (Å²) in [6, 6.07) is 7.27. The summed E-state index contributed by atoms with van der Waals surface area (Å²) in [6.45, 7) is 0. The molecule has 0 amide bonds. The van der Waals surface area contributed by atoms with Crippen molar-refractivity contribution in [1.82, 2.24) is 25.3 Å². The van der Waals surface area contributed by atoms with E-state index in [1.165, 1.54) is 18.1 Å². The molecular weight excluding hydrogens is 286 g/mol. The first-order chi connectivity index (χ1) is 9.31. The summed E-state index contributed by atoms with van der Waals surface area (Å²) in [5.74, 6) is 1.62. The number of rotatable bonds is 4. The second-order valence-electron chi connectivity index (χ2n) is 3.60. The highest BCUT2D eigenvalue weighted by Crippen LogP contribution is 2.21. The lowest BCUT2D eigenvalue weighted by Gasteiger charge is -1.93. The molecule has 0 atom stereocenters. The molecule has 0 saturated carbocycles. The van der Waals surface area contributed by atoms with Crippen LogP contribution < -0.4 is 0 Å². The smallest absolute Gasteiger partial charge is 0.237 e. The molecule has 0 aliphatic carbocycles. The number of benzene rings is 1. The Hall–Kier alpha value is -1.86. The number of aromatic nitrogens is 5. The van der Waals surface area contributed by atoms with Crippen LogP contribution in [0.25, 0.3) is 11.4 Å². The molecule has 0 unspecified atom stereocenters. The van der Waals surface area contributed by atoms with Crippen molar-refractivity contribution >= 4 is 23.4 Å². The van der Waals surface area contributed by atoms with Gasteiger partial charge in [0, 0.05) is 10.6 Å². The van der Waals surface area contributed by atoms with Gasteiger partial charge < -0.3 is 4.52 Å². The van der Waals surface area contributed by atoms with Crippen LogP contribution in [0.3, 0.4) is 0 Å². The normalized spacial score (nSPS) is 10.8. The Morgan fingerprint density at radius 3 is 2.84 bits per heavy atom. The fourth-order valence-electron chi connectivity index (χ4n) is 1.42.